The largest absolute Gasteiger partial charge is 0.341 e. The van der Waals surface area contributed by atoms with E-state index in [-0.39, 0.29) is 16.8 Å². The zero-order valence-electron chi connectivity index (χ0n) is 11.5. The standard InChI is InChI=1S/C13H21N3O2S/c1-9-10(2)19-13(18)16(9)7-5-12(17)15-6-3-4-11(14)8-15/h11H,3-8,14H2,1-2H3. The Hall–Kier alpha value is -1.14. The van der Waals surface area contributed by atoms with Gasteiger partial charge >= 0.3 is 4.87 Å². The molecule has 1 atom stereocenters. The minimum atomic E-state index is 0.0261. The maximum Gasteiger partial charge on any atom is 0.307 e. The van der Waals surface area contributed by atoms with Gasteiger partial charge in [0.05, 0.1) is 0 Å². The number of carbonyl (C=O) groups is 1. The third-order valence-electron chi connectivity index (χ3n) is 3.73. The lowest BCUT2D eigenvalue weighted by Gasteiger charge is -2.30. The number of aryl methyl sites for hydroxylation is 1. The van der Waals surface area contributed by atoms with Crippen LogP contribution in [0.1, 0.15) is 29.8 Å². The highest BCUT2D eigenvalue weighted by Crippen LogP contribution is 2.12. The SMILES string of the molecule is Cc1sc(=O)n(CCC(=O)N2CCCC(N)C2)c1C. The summed E-state index contributed by atoms with van der Waals surface area (Å²) in [6.07, 6.45) is 2.35. The monoisotopic (exact) mass is 283 g/mol. The summed E-state index contributed by atoms with van der Waals surface area (Å²) in [5.74, 6) is 0.102. The number of rotatable bonds is 3. The number of likely N-dealkylation sites (tertiary alicyclic amines) is 1. The van der Waals surface area contributed by atoms with E-state index < -0.39 is 0 Å². The molecular formula is C13H21N3O2S. The number of hydrogen-bond donors (Lipinski definition) is 1. The number of piperidine rings is 1. The van der Waals surface area contributed by atoms with Crippen molar-refractivity contribution in [3.05, 3.63) is 20.2 Å². The summed E-state index contributed by atoms with van der Waals surface area (Å²) in [6.45, 7) is 5.77. The number of nitrogens with two attached hydrogens (primary N) is 1. The van der Waals surface area contributed by atoms with E-state index in [4.69, 9.17) is 5.73 Å². The van der Waals surface area contributed by atoms with E-state index in [1.165, 1.54) is 11.3 Å². The molecule has 0 saturated carbocycles. The number of aromatic nitrogens is 1. The summed E-state index contributed by atoms with van der Waals surface area (Å²) in [5.41, 5.74) is 6.84. The Balaban J connectivity index is 1.95. The highest BCUT2D eigenvalue weighted by atomic mass is 32.1. The average Bonchev–Trinajstić information content (AvgIpc) is 2.61. The van der Waals surface area contributed by atoms with Gasteiger partial charge in [-0.15, -0.1) is 0 Å². The summed E-state index contributed by atoms with van der Waals surface area (Å²) in [7, 11) is 0. The highest BCUT2D eigenvalue weighted by Gasteiger charge is 2.21. The molecule has 5 nitrogen and oxygen atoms in total. The van der Waals surface area contributed by atoms with E-state index in [1.807, 2.05) is 18.7 Å². The fraction of sp³-hybridized carbons (Fsp3) is 0.692. The third-order valence-corrected chi connectivity index (χ3v) is 4.73. The molecule has 1 amide bonds. The van der Waals surface area contributed by atoms with Crippen molar-refractivity contribution < 1.29 is 4.79 Å². The Bertz CT molecular complexity index is 520. The lowest BCUT2D eigenvalue weighted by molar-refractivity contribution is -0.132. The number of hydrogen-bond acceptors (Lipinski definition) is 4. The molecule has 1 aromatic rings. The van der Waals surface area contributed by atoms with Gasteiger partial charge in [-0.2, -0.15) is 0 Å². The first-order valence-electron chi connectivity index (χ1n) is 6.69. The molecule has 2 rings (SSSR count). The average molecular weight is 283 g/mol. The fourth-order valence-electron chi connectivity index (χ4n) is 2.45. The van der Waals surface area contributed by atoms with Crippen LogP contribution in [0.5, 0.6) is 0 Å². The zero-order chi connectivity index (χ0) is 14.0. The predicted octanol–water partition coefficient (Wildman–Crippen LogP) is 0.866. The second-order valence-electron chi connectivity index (χ2n) is 5.15. The quantitative estimate of drug-likeness (QED) is 0.895. The molecule has 19 heavy (non-hydrogen) atoms. The van der Waals surface area contributed by atoms with Crippen molar-refractivity contribution in [3.8, 4) is 0 Å². The van der Waals surface area contributed by atoms with Crippen molar-refractivity contribution in [2.45, 2.75) is 45.7 Å². The van der Waals surface area contributed by atoms with Gasteiger partial charge in [-0.05, 0) is 26.7 Å². The molecule has 0 radical (unpaired) electrons. The van der Waals surface area contributed by atoms with E-state index in [0.717, 1.165) is 30.0 Å². The molecule has 0 bridgehead atoms. The van der Waals surface area contributed by atoms with E-state index in [9.17, 15) is 9.59 Å². The first kappa shape index (κ1) is 14.3. The molecule has 1 saturated heterocycles. The first-order chi connectivity index (χ1) is 8.99. The Morgan fingerprint density at radius 1 is 1.47 bits per heavy atom. The smallest absolute Gasteiger partial charge is 0.307 e. The van der Waals surface area contributed by atoms with Crippen LogP contribution < -0.4 is 10.6 Å². The third kappa shape index (κ3) is 3.25. The second-order valence-corrected chi connectivity index (χ2v) is 6.32. The number of thiazole rings is 1. The summed E-state index contributed by atoms with van der Waals surface area (Å²) < 4.78 is 1.70. The van der Waals surface area contributed by atoms with Crippen LogP contribution in [0.25, 0.3) is 0 Å². The van der Waals surface area contributed by atoms with Gasteiger partial charge in [-0.1, -0.05) is 11.3 Å². The summed E-state index contributed by atoms with van der Waals surface area (Å²) in [5, 5.41) is 0. The number of nitrogens with zero attached hydrogens (tertiary/aromatic N) is 2. The van der Waals surface area contributed by atoms with Gasteiger partial charge in [0, 0.05) is 42.7 Å². The molecule has 106 valence electrons. The van der Waals surface area contributed by atoms with E-state index in [2.05, 4.69) is 0 Å². The minimum absolute atomic E-state index is 0.0261. The fourth-order valence-corrected chi connectivity index (χ4v) is 3.31. The summed E-state index contributed by atoms with van der Waals surface area (Å²) in [4.78, 5) is 26.7. The Morgan fingerprint density at radius 2 is 2.21 bits per heavy atom. The van der Waals surface area contributed by atoms with E-state index in [1.54, 1.807) is 4.57 Å². The van der Waals surface area contributed by atoms with Gasteiger partial charge in [0.1, 0.15) is 0 Å². The van der Waals surface area contributed by atoms with E-state index in [0.29, 0.717) is 19.5 Å². The van der Waals surface area contributed by atoms with Crippen molar-refractivity contribution in [1.82, 2.24) is 9.47 Å². The molecule has 6 heteroatoms. The zero-order valence-corrected chi connectivity index (χ0v) is 12.3. The lowest BCUT2D eigenvalue weighted by atomic mass is 10.1. The molecule has 2 N–H and O–H groups in total. The summed E-state index contributed by atoms with van der Waals surface area (Å²) in [6, 6.07) is 0.102. The normalized spacial score (nSPS) is 19.7. The molecule has 1 unspecified atom stereocenters. The van der Waals surface area contributed by atoms with Crippen molar-refractivity contribution in [3.63, 3.8) is 0 Å². The Kier molecular flexibility index (Phi) is 4.42. The van der Waals surface area contributed by atoms with Gasteiger partial charge in [0.15, 0.2) is 0 Å². The molecule has 1 aliphatic rings. The van der Waals surface area contributed by atoms with Crippen LogP contribution in [0.4, 0.5) is 0 Å². The second kappa shape index (κ2) is 5.88. The Morgan fingerprint density at radius 3 is 2.79 bits per heavy atom. The van der Waals surface area contributed by atoms with Gasteiger partial charge in [-0.25, -0.2) is 0 Å². The van der Waals surface area contributed by atoms with Crippen LogP contribution in [-0.2, 0) is 11.3 Å². The van der Waals surface area contributed by atoms with Crippen molar-refractivity contribution in [2.24, 2.45) is 5.73 Å². The van der Waals surface area contributed by atoms with Crippen LogP contribution in [0.2, 0.25) is 0 Å². The topological polar surface area (TPSA) is 68.3 Å². The van der Waals surface area contributed by atoms with Crippen LogP contribution in [-0.4, -0.2) is 34.5 Å². The molecule has 0 spiro atoms. The molecule has 1 aliphatic heterocycles. The lowest BCUT2D eigenvalue weighted by Crippen LogP contribution is -2.46. The minimum Gasteiger partial charge on any atom is -0.341 e. The number of amides is 1. The molecule has 0 aliphatic carbocycles. The Labute approximate surface area is 117 Å². The predicted molar refractivity (Wildman–Crippen MR) is 76.5 cm³/mol. The maximum absolute atomic E-state index is 12.1. The van der Waals surface area contributed by atoms with Crippen LogP contribution in [0, 0.1) is 13.8 Å². The van der Waals surface area contributed by atoms with Gasteiger partial charge < -0.3 is 15.2 Å². The first-order valence-corrected chi connectivity index (χ1v) is 7.51. The molecule has 1 fully saturated rings. The summed E-state index contributed by atoms with van der Waals surface area (Å²) >= 11 is 1.25. The van der Waals surface area contributed by atoms with Gasteiger partial charge in [-0.3, -0.25) is 9.59 Å². The van der Waals surface area contributed by atoms with Gasteiger partial charge in [0.25, 0.3) is 0 Å². The molecule has 2 heterocycles. The maximum atomic E-state index is 12.1. The highest BCUT2D eigenvalue weighted by molar-refractivity contribution is 7.09. The van der Waals surface area contributed by atoms with E-state index >= 15 is 0 Å². The van der Waals surface area contributed by atoms with Crippen molar-refractivity contribution in [2.75, 3.05) is 13.1 Å². The molecule has 0 aromatic carbocycles. The van der Waals surface area contributed by atoms with Crippen molar-refractivity contribution in [1.29, 1.82) is 0 Å². The number of carbonyl (C=O) groups excluding carboxylic acids is 1. The molecule has 1 aromatic heterocycles. The van der Waals surface area contributed by atoms with Crippen molar-refractivity contribution >= 4 is 17.2 Å². The van der Waals surface area contributed by atoms with Gasteiger partial charge in [0.2, 0.25) is 5.91 Å². The van der Waals surface area contributed by atoms with Crippen LogP contribution in [0.3, 0.4) is 0 Å². The van der Waals surface area contributed by atoms with Crippen LogP contribution >= 0.6 is 11.3 Å². The molecular weight excluding hydrogens is 262 g/mol. The van der Waals surface area contributed by atoms with Crippen LogP contribution in [0.15, 0.2) is 4.79 Å².